The molecule has 0 bridgehead atoms. The molecular weight excluding hydrogens is 264 g/mol. The van der Waals surface area contributed by atoms with E-state index in [2.05, 4.69) is 11.8 Å². The quantitative estimate of drug-likeness (QED) is 0.857. The zero-order chi connectivity index (χ0) is 14.9. The summed E-state index contributed by atoms with van der Waals surface area (Å²) in [5.41, 5.74) is 2.91. The molecule has 0 radical (unpaired) electrons. The third-order valence-electron chi connectivity index (χ3n) is 2.96. The van der Waals surface area contributed by atoms with Gasteiger partial charge in [-0.15, -0.1) is 0 Å². The standard InChI is InChI=1S/C18H18O3/c1-20-18-10-9-15(8-5-11-19)12-17(18)14-21-13-16-6-3-2-4-7-16/h2-4,6-7,9-10,12,19H,11,13-14H2,1H3. The normalized spacial score (nSPS) is 9.81. The van der Waals surface area contributed by atoms with Gasteiger partial charge in [0.2, 0.25) is 0 Å². The first-order chi connectivity index (χ1) is 10.3. The van der Waals surface area contributed by atoms with Crippen LogP contribution in [0.25, 0.3) is 0 Å². The molecule has 0 saturated heterocycles. The van der Waals surface area contributed by atoms with Crippen molar-refractivity contribution in [2.24, 2.45) is 0 Å². The molecule has 3 nitrogen and oxygen atoms in total. The van der Waals surface area contributed by atoms with Gasteiger partial charge < -0.3 is 14.6 Å². The number of methoxy groups -OCH3 is 1. The van der Waals surface area contributed by atoms with Gasteiger partial charge in [-0.2, -0.15) is 0 Å². The fourth-order valence-corrected chi connectivity index (χ4v) is 1.96. The van der Waals surface area contributed by atoms with E-state index in [0.717, 1.165) is 22.4 Å². The summed E-state index contributed by atoms with van der Waals surface area (Å²) in [7, 11) is 1.63. The molecule has 0 unspecified atom stereocenters. The second-order valence-electron chi connectivity index (χ2n) is 4.46. The van der Waals surface area contributed by atoms with Crippen molar-refractivity contribution >= 4 is 0 Å². The van der Waals surface area contributed by atoms with E-state index in [4.69, 9.17) is 14.6 Å². The Morgan fingerprint density at radius 1 is 1.05 bits per heavy atom. The molecule has 0 aliphatic heterocycles. The first-order valence-corrected chi connectivity index (χ1v) is 6.72. The van der Waals surface area contributed by atoms with E-state index < -0.39 is 0 Å². The molecule has 0 amide bonds. The number of aliphatic hydroxyl groups is 1. The average Bonchev–Trinajstić information content (AvgIpc) is 2.54. The Balaban J connectivity index is 2.03. The summed E-state index contributed by atoms with van der Waals surface area (Å²) in [4.78, 5) is 0. The van der Waals surface area contributed by atoms with Crippen LogP contribution in [0.15, 0.2) is 48.5 Å². The third kappa shape index (κ3) is 4.64. The maximum absolute atomic E-state index is 8.74. The maximum Gasteiger partial charge on any atom is 0.124 e. The Morgan fingerprint density at radius 3 is 2.57 bits per heavy atom. The van der Waals surface area contributed by atoms with Gasteiger partial charge in [0, 0.05) is 11.1 Å². The highest BCUT2D eigenvalue weighted by atomic mass is 16.5. The van der Waals surface area contributed by atoms with Crippen molar-refractivity contribution in [3.8, 4) is 17.6 Å². The molecule has 0 spiro atoms. The van der Waals surface area contributed by atoms with Crippen LogP contribution in [0, 0.1) is 11.8 Å². The van der Waals surface area contributed by atoms with E-state index in [1.807, 2.05) is 48.5 Å². The van der Waals surface area contributed by atoms with E-state index in [1.54, 1.807) is 7.11 Å². The van der Waals surface area contributed by atoms with Gasteiger partial charge in [-0.3, -0.25) is 0 Å². The van der Waals surface area contributed by atoms with E-state index in [1.165, 1.54) is 0 Å². The first kappa shape index (κ1) is 15.1. The molecule has 1 N–H and O–H groups in total. The van der Waals surface area contributed by atoms with Gasteiger partial charge in [0.05, 0.1) is 20.3 Å². The lowest BCUT2D eigenvalue weighted by Crippen LogP contribution is -1.98. The summed E-state index contributed by atoms with van der Waals surface area (Å²) in [6.07, 6.45) is 0. The molecule has 0 heterocycles. The predicted octanol–water partition coefficient (Wildman–Crippen LogP) is 2.76. The fourth-order valence-electron chi connectivity index (χ4n) is 1.96. The van der Waals surface area contributed by atoms with Crippen molar-refractivity contribution in [3.05, 3.63) is 65.2 Å². The largest absolute Gasteiger partial charge is 0.496 e. The zero-order valence-corrected chi connectivity index (χ0v) is 12.0. The van der Waals surface area contributed by atoms with E-state index in [0.29, 0.717) is 13.2 Å². The summed E-state index contributed by atoms with van der Waals surface area (Å²) in [6.45, 7) is 0.856. The Hall–Kier alpha value is -2.28. The average molecular weight is 282 g/mol. The minimum absolute atomic E-state index is 0.147. The summed E-state index contributed by atoms with van der Waals surface area (Å²) in [5, 5.41) is 8.74. The Labute approximate surface area is 125 Å². The van der Waals surface area contributed by atoms with Crippen LogP contribution in [-0.4, -0.2) is 18.8 Å². The van der Waals surface area contributed by atoms with Crippen molar-refractivity contribution in [3.63, 3.8) is 0 Å². The monoisotopic (exact) mass is 282 g/mol. The number of benzene rings is 2. The lowest BCUT2D eigenvalue weighted by Gasteiger charge is -2.10. The van der Waals surface area contributed by atoms with Gasteiger partial charge in [0.15, 0.2) is 0 Å². The number of hydrogen-bond donors (Lipinski definition) is 1. The number of rotatable bonds is 5. The van der Waals surface area contributed by atoms with Gasteiger partial charge in [-0.1, -0.05) is 42.2 Å². The second kappa shape index (κ2) is 8.11. The molecule has 0 aliphatic carbocycles. The minimum Gasteiger partial charge on any atom is -0.496 e. The first-order valence-electron chi connectivity index (χ1n) is 6.72. The third-order valence-corrected chi connectivity index (χ3v) is 2.96. The minimum atomic E-state index is -0.147. The Kier molecular flexibility index (Phi) is 5.83. The molecule has 0 atom stereocenters. The topological polar surface area (TPSA) is 38.7 Å². The van der Waals surface area contributed by atoms with Crippen LogP contribution in [0.1, 0.15) is 16.7 Å². The van der Waals surface area contributed by atoms with Crippen LogP contribution in [0.4, 0.5) is 0 Å². The van der Waals surface area contributed by atoms with Crippen molar-refractivity contribution in [2.75, 3.05) is 13.7 Å². The number of aliphatic hydroxyl groups excluding tert-OH is 1. The Bertz CT molecular complexity index is 624. The molecule has 0 fully saturated rings. The highest BCUT2D eigenvalue weighted by Crippen LogP contribution is 2.21. The molecule has 2 rings (SSSR count). The molecule has 21 heavy (non-hydrogen) atoms. The SMILES string of the molecule is COc1ccc(C#CCO)cc1COCc1ccccc1. The summed E-state index contributed by atoms with van der Waals surface area (Å²) in [5.74, 6) is 6.29. The lowest BCUT2D eigenvalue weighted by molar-refractivity contribution is 0.105. The van der Waals surface area contributed by atoms with Gasteiger partial charge >= 0.3 is 0 Å². The summed E-state index contributed by atoms with van der Waals surface area (Å²) in [6, 6.07) is 15.7. The number of ether oxygens (including phenoxy) is 2. The van der Waals surface area contributed by atoms with E-state index in [9.17, 15) is 0 Å². The van der Waals surface area contributed by atoms with Gasteiger partial charge in [0.25, 0.3) is 0 Å². The van der Waals surface area contributed by atoms with Crippen molar-refractivity contribution < 1.29 is 14.6 Å². The molecule has 0 aliphatic rings. The predicted molar refractivity (Wildman–Crippen MR) is 81.9 cm³/mol. The van der Waals surface area contributed by atoms with Crippen molar-refractivity contribution in [2.45, 2.75) is 13.2 Å². The Morgan fingerprint density at radius 2 is 1.86 bits per heavy atom. The molecule has 108 valence electrons. The van der Waals surface area contributed by atoms with Crippen LogP contribution < -0.4 is 4.74 Å². The lowest BCUT2D eigenvalue weighted by atomic mass is 10.1. The van der Waals surface area contributed by atoms with Crippen LogP contribution in [0.2, 0.25) is 0 Å². The van der Waals surface area contributed by atoms with Gasteiger partial charge in [0.1, 0.15) is 12.4 Å². The zero-order valence-electron chi connectivity index (χ0n) is 12.0. The van der Waals surface area contributed by atoms with E-state index >= 15 is 0 Å². The molecular formula is C18H18O3. The molecule has 3 heteroatoms. The number of hydrogen-bond acceptors (Lipinski definition) is 3. The summed E-state index contributed by atoms with van der Waals surface area (Å²) >= 11 is 0. The fraction of sp³-hybridized carbons (Fsp3) is 0.222. The van der Waals surface area contributed by atoms with Gasteiger partial charge in [-0.05, 0) is 23.8 Å². The van der Waals surface area contributed by atoms with Crippen LogP contribution in [0.3, 0.4) is 0 Å². The van der Waals surface area contributed by atoms with Crippen molar-refractivity contribution in [1.29, 1.82) is 0 Å². The smallest absolute Gasteiger partial charge is 0.124 e. The molecule has 0 aromatic heterocycles. The van der Waals surface area contributed by atoms with Gasteiger partial charge in [-0.25, -0.2) is 0 Å². The second-order valence-corrected chi connectivity index (χ2v) is 4.46. The van der Waals surface area contributed by atoms with Crippen LogP contribution in [0.5, 0.6) is 5.75 Å². The van der Waals surface area contributed by atoms with Crippen LogP contribution in [-0.2, 0) is 18.0 Å². The van der Waals surface area contributed by atoms with E-state index in [-0.39, 0.29) is 6.61 Å². The highest BCUT2D eigenvalue weighted by Gasteiger charge is 2.04. The summed E-state index contributed by atoms with van der Waals surface area (Å²) < 4.78 is 11.1. The maximum atomic E-state index is 8.74. The molecule has 2 aromatic rings. The molecule has 2 aromatic carbocycles. The highest BCUT2D eigenvalue weighted by molar-refractivity contribution is 5.44. The molecule has 0 saturated carbocycles. The van der Waals surface area contributed by atoms with Crippen LogP contribution >= 0.6 is 0 Å². The van der Waals surface area contributed by atoms with Crippen molar-refractivity contribution in [1.82, 2.24) is 0 Å².